The molecule has 75 heavy (non-hydrogen) atoms. The molecule has 5 atom stereocenters. The number of aliphatic imine (C=N–C) groups is 1. The average molecular weight is 1050 g/mol. The first kappa shape index (κ1) is 50.6. The summed E-state index contributed by atoms with van der Waals surface area (Å²) in [5, 5.41) is 8.91. The van der Waals surface area contributed by atoms with Crippen LogP contribution in [0.25, 0.3) is 16.7 Å². The standard InChI is InChI=1S/C57H65F5N8O4S/c1-31-21-44(34-14-17-57(61,62)18-15-34)65-54-50(31)56(72)70(47-13-12-41(33-5-3-6-33)51-42(47)11-10-40(63-46(51)30-75(2,73)74)16-20-68-19-4-7-37(58)28-68)55(66-54)45(24-32-22-38(59)27-39(60)23-32)64-49(71)29-69-48-26-36-25-43(36)52(48)53(67-69)35-8-9-35/h12-13,21-23,27,33-37,40,43,46,63H,3-11,14-20,24-26,28-30H2,1-2H3/t36-,37+,40?,43?,46?/m0/s1. The molecule has 0 bridgehead atoms. The molecule has 12 rings (SSSR count). The second-order valence-electron chi connectivity index (χ2n) is 23.2. The zero-order valence-electron chi connectivity index (χ0n) is 42.7. The maximum Gasteiger partial charge on any atom is 0.268 e. The van der Waals surface area contributed by atoms with Gasteiger partial charge in [-0.3, -0.25) is 18.8 Å². The van der Waals surface area contributed by atoms with Crippen LogP contribution in [-0.4, -0.2) is 99.0 Å². The van der Waals surface area contributed by atoms with Gasteiger partial charge in [0.1, 0.15) is 34.2 Å². The van der Waals surface area contributed by atoms with Crippen molar-refractivity contribution in [3.05, 3.63) is 115 Å². The zero-order valence-corrected chi connectivity index (χ0v) is 43.5. The number of aryl methyl sites for hydroxylation is 1. The first-order chi connectivity index (χ1) is 35.9. The van der Waals surface area contributed by atoms with Crippen molar-refractivity contribution in [2.45, 2.75) is 170 Å². The summed E-state index contributed by atoms with van der Waals surface area (Å²) in [6.45, 7) is 3.31. The van der Waals surface area contributed by atoms with Crippen molar-refractivity contribution in [1.29, 1.82) is 0 Å². The summed E-state index contributed by atoms with van der Waals surface area (Å²) in [5.41, 5.74) is 6.86. The van der Waals surface area contributed by atoms with Gasteiger partial charge in [-0.15, -0.1) is 0 Å². The molecule has 18 heteroatoms. The van der Waals surface area contributed by atoms with Gasteiger partial charge in [0.2, 0.25) is 5.92 Å². The van der Waals surface area contributed by atoms with Gasteiger partial charge in [-0.2, -0.15) is 5.10 Å². The molecule has 5 fully saturated rings. The van der Waals surface area contributed by atoms with Crippen molar-refractivity contribution >= 4 is 32.5 Å². The molecule has 0 spiro atoms. The highest BCUT2D eigenvalue weighted by atomic mass is 32.2. The molecule has 5 aromatic rings. The number of amides is 1. The molecule has 3 aromatic heterocycles. The summed E-state index contributed by atoms with van der Waals surface area (Å²) < 4.78 is 104. The van der Waals surface area contributed by atoms with E-state index in [1.807, 2.05) is 12.1 Å². The zero-order chi connectivity index (χ0) is 52.1. The van der Waals surface area contributed by atoms with E-state index in [1.165, 1.54) is 16.4 Å². The predicted molar refractivity (Wildman–Crippen MR) is 276 cm³/mol. The molecule has 5 aliphatic carbocycles. The predicted octanol–water partition coefficient (Wildman–Crippen LogP) is 9.73. The summed E-state index contributed by atoms with van der Waals surface area (Å²) in [6, 6.07) is 7.82. The van der Waals surface area contributed by atoms with Crippen molar-refractivity contribution in [3.8, 4) is 5.69 Å². The van der Waals surface area contributed by atoms with Gasteiger partial charge in [0.25, 0.3) is 11.5 Å². The van der Waals surface area contributed by atoms with E-state index < -0.39 is 51.1 Å². The maximum atomic E-state index is 15.9. The van der Waals surface area contributed by atoms with E-state index in [0.717, 1.165) is 104 Å². The van der Waals surface area contributed by atoms with Crippen LogP contribution in [0.5, 0.6) is 0 Å². The van der Waals surface area contributed by atoms with E-state index in [9.17, 15) is 26.4 Å². The van der Waals surface area contributed by atoms with E-state index >= 15 is 13.6 Å². The number of alkyl halides is 3. The highest BCUT2D eigenvalue weighted by Crippen LogP contribution is 2.60. The first-order valence-corrected chi connectivity index (χ1v) is 29.4. The lowest BCUT2D eigenvalue weighted by molar-refractivity contribution is -0.118. The number of aromatic nitrogens is 5. The van der Waals surface area contributed by atoms with Crippen molar-refractivity contribution in [2.24, 2.45) is 10.9 Å². The topological polar surface area (TPSA) is 144 Å². The molecule has 398 valence electrons. The van der Waals surface area contributed by atoms with Crippen LogP contribution in [-0.2, 0) is 40.4 Å². The molecule has 1 amide bonds. The number of sulfone groups is 1. The van der Waals surface area contributed by atoms with Gasteiger partial charge in [0.15, 0.2) is 11.5 Å². The van der Waals surface area contributed by atoms with Crippen LogP contribution in [0.15, 0.2) is 46.2 Å². The Kier molecular flexibility index (Phi) is 13.3. The molecule has 1 saturated heterocycles. The minimum Gasteiger partial charge on any atom is -0.306 e. The number of carbonyl (C=O) groups excluding carboxylic acids is 1. The van der Waals surface area contributed by atoms with Gasteiger partial charge in [-0.25, -0.2) is 45.3 Å². The Hall–Kier alpha value is -5.20. The minimum absolute atomic E-state index is 0.0180. The highest BCUT2D eigenvalue weighted by molar-refractivity contribution is 7.90. The lowest BCUT2D eigenvalue weighted by Crippen LogP contribution is -2.41. The molecule has 2 aromatic carbocycles. The third-order valence-electron chi connectivity index (χ3n) is 17.5. The number of nitrogens with one attached hydrogen (secondary N) is 1. The molecule has 5 heterocycles. The highest BCUT2D eigenvalue weighted by Gasteiger charge is 2.51. The number of nitrogens with zero attached hydrogens (tertiary/aromatic N) is 7. The van der Waals surface area contributed by atoms with E-state index in [2.05, 4.69) is 10.2 Å². The molecule has 3 unspecified atom stereocenters. The van der Waals surface area contributed by atoms with Gasteiger partial charge < -0.3 is 10.2 Å². The Labute approximate surface area is 433 Å². The monoisotopic (exact) mass is 1050 g/mol. The Morgan fingerprint density at radius 1 is 0.920 bits per heavy atom. The lowest BCUT2D eigenvalue weighted by atomic mass is 9.75. The molecule has 7 aliphatic rings. The lowest BCUT2D eigenvalue weighted by Gasteiger charge is -2.33. The summed E-state index contributed by atoms with van der Waals surface area (Å²) in [4.78, 5) is 47.7. The fourth-order valence-electron chi connectivity index (χ4n) is 13.4. The van der Waals surface area contributed by atoms with Gasteiger partial charge in [0.05, 0.1) is 28.2 Å². The number of pyridine rings is 1. The van der Waals surface area contributed by atoms with Crippen LogP contribution in [0.2, 0.25) is 0 Å². The number of carbonyl (C=O) groups is 1. The Morgan fingerprint density at radius 3 is 2.40 bits per heavy atom. The minimum atomic E-state index is -3.61. The number of hydrogen-bond acceptors (Lipinski definition) is 9. The smallest absolute Gasteiger partial charge is 0.268 e. The number of benzene rings is 2. The average Bonchev–Trinajstić information content (AvgIpc) is 4.26. The largest absolute Gasteiger partial charge is 0.306 e. The number of hydrogen-bond donors (Lipinski definition) is 1. The number of piperidine rings is 1. The third kappa shape index (κ3) is 10.4. The number of rotatable bonds is 14. The Bertz CT molecular complexity index is 3280. The fourth-order valence-corrected chi connectivity index (χ4v) is 14.2. The van der Waals surface area contributed by atoms with Crippen molar-refractivity contribution in [1.82, 2.24) is 34.5 Å². The normalized spacial score (nSPS) is 25.2. The van der Waals surface area contributed by atoms with Crippen LogP contribution in [0, 0.1) is 24.5 Å². The van der Waals surface area contributed by atoms with Gasteiger partial charge in [-0.05, 0) is 173 Å². The quantitative estimate of drug-likeness (QED) is 0.0849. The first-order valence-electron chi connectivity index (χ1n) is 27.4. The van der Waals surface area contributed by atoms with Crippen LogP contribution in [0.3, 0.4) is 0 Å². The van der Waals surface area contributed by atoms with Crippen molar-refractivity contribution in [3.63, 3.8) is 0 Å². The van der Waals surface area contributed by atoms with Crippen molar-refractivity contribution in [2.75, 3.05) is 31.6 Å². The molecule has 2 aliphatic heterocycles. The Morgan fingerprint density at radius 2 is 1.69 bits per heavy atom. The van der Waals surface area contributed by atoms with Crippen LogP contribution < -0.4 is 10.9 Å². The SMILES string of the molecule is Cc1cc(C2CCC(F)(F)CC2)nc2nc(C(Cc3cc(F)cc(F)c3)=NC(=O)Cn3nc(C4CC4)c4c3C[C@@H]3CC43)n(-c3ccc(C4CCC4)c4c3CCC(CCN3CCC[C@@H](F)C3)NC4CS(C)(=O)=O)c(=O)c12. The summed E-state index contributed by atoms with van der Waals surface area (Å²) in [7, 11) is -3.61. The van der Waals surface area contributed by atoms with Crippen LogP contribution in [0.4, 0.5) is 22.0 Å². The van der Waals surface area contributed by atoms with Crippen LogP contribution >= 0.6 is 0 Å². The molecular formula is C57H65F5N8O4S. The van der Waals surface area contributed by atoms with E-state index in [1.54, 1.807) is 17.7 Å². The molecular weight excluding hydrogens is 988 g/mol. The maximum absolute atomic E-state index is 15.9. The molecule has 4 saturated carbocycles. The number of likely N-dealkylation sites (tertiary alicyclic amines) is 1. The van der Waals surface area contributed by atoms with Gasteiger partial charge in [0, 0.05) is 79.0 Å². The summed E-state index contributed by atoms with van der Waals surface area (Å²) in [5.74, 6) is -4.24. The second-order valence-corrected chi connectivity index (χ2v) is 25.4. The second kappa shape index (κ2) is 19.7. The van der Waals surface area contributed by atoms with E-state index in [0.29, 0.717) is 73.5 Å². The third-order valence-corrected chi connectivity index (χ3v) is 18.5. The summed E-state index contributed by atoms with van der Waals surface area (Å²) >= 11 is 0. The van der Waals surface area contributed by atoms with E-state index in [-0.39, 0.29) is 90.4 Å². The van der Waals surface area contributed by atoms with Crippen LogP contribution in [0.1, 0.15) is 176 Å². The molecule has 0 radical (unpaired) electrons. The van der Waals surface area contributed by atoms with Gasteiger partial charge in [-0.1, -0.05) is 12.5 Å². The fraction of sp³-hybridized carbons (Fsp3) is 0.579. The Balaban J connectivity index is 1.04. The van der Waals surface area contributed by atoms with E-state index in [4.69, 9.17) is 20.1 Å². The van der Waals surface area contributed by atoms with Crippen molar-refractivity contribution < 1.29 is 35.2 Å². The number of halogens is 5. The van der Waals surface area contributed by atoms with Gasteiger partial charge >= 0.3 is 0 Å². The number of fused-ring (bicyclic) bond motifs is 5. The summed E-state index contributed by atoms with van der Waals surface area (Å²) in [6.07, 6.45) is 9.48. The molecule has 12 nitrogen and oxygen atoms in total. The molecule has 1 N–H and O–H groups in total.